The molecule has 0 saturated heterocycles. The summed E-state index contributed by atoms with van der Waals surface area (Å²) in [6.07, 6.45) is 1.85. The molecule has 0 N–H and O–H groups in total. The molecule has 5 heteroatoms. The van der Waals surface area contributed by atoms with Crippen LogP contribution in [0.25, 0.3) is 10.4 Å². The zero-order valence-electron chi connectivity index (χ0n) is 9.84. The minimum absolute atomic E-state index is 0.515. The molecule has 0 fully saturated rings. The molecule has 1 heterocycles. The van der Waals surface area contributed by atoms with Gasteiger partial charge < -0.3 is 9.47 Å². The lowest BCUT2D eigenvalue weighted by Gasteiger charge is -2.07. The summed E-state index contributed by atoms with van der Waals surface area (Å²) in [7, 11) is 0. The average Bonchev–Trinajstić information content (AvgIpc) is 2.93. The van der Waals surface area contributed by atoms with Crippen LogP contribution in [0.15, 0.2) is 36.0 Å². The maximum Gasteiger partial charge on any atom is 0.120 e. The first-order valence-electron chi connectivity index (χ1n) is 5.65. The molecule has 3 nitrogen and oxygen atoms in total. The van der Waals surface area contributed by atoms with Gasteiger partial charge in [0.15, 0.2) is 0 Å². The molecule has 0 atom stereocenters. The molecular weight excluding hydrogens is 270 g/mol. The van der Waals surface area contributed by atoms with Gasteiger partial charge in [-0.25, -0.2) is 0 Å². The van der Waals surface area contributed by atoms with Gasteiger partial charge in [0.1, 0.15) is 12.4 Å². The minimum atomic E-state index is 0.515. The highest BCUT2D eigenvalue weighted by atomic mass is 35.5. The Bertz CT molecular complexity index is 462. The molecule has 18 heavy (non-hydrogen) atoms. The Morgan fingerprint density at radius 2 is 2.17 bits per heavy atom. The number of thiazole rings is 1. The van der Waals surface area contributed by atoms with Crippen molar-refractivity contribution in [3.8, 4) is 16.2 Å². The molecule has 0 aliphatic carbocycles. The van der Waals surface area contributed by atoms with Gasteiger partial charge in [-0.05, 0) is 17.7 Å². The van der Waals surface area contributed by atoms with Gasteiger partial charge in [-0.15, -0.1) is 22.9 Å². The van der Waals surface area contributed by atoms with E-state index in [1.165, 1.54) is 0 Å². The summed E-state index contributed by atoms with van der Waals surface area (Å²) >= 11 is 7.12. The third-order valence-corrected chi connectivity index (χ3v) is 3.25. The largest absolute Gasteiger partial charge is 0.491 e. The molecular formula is C13H14ClNO2S. The minimum Gasteiger partial charge on any atom is -0.491 e. The van der Waals surface area contributed by atoms with E-state index in [0.717, 1.165) is 16.2 Å². The van der Waals surface area contributed by atoms with Crippen LogP contribution in [-0.2, 0) is 4.74 Å². The van der Waals surface area contributed by atoms with Crippen molar-refractivity contribution in [2.24, 2.45) is 0 Å². The normalized spacial score (nSPS) is 10.5. The lowest BCUT2D eigenvalue weighted by Crippen LogP contribution is -2.07. The van der Waals surface area contributed by atoms with E-state index in [-0.39, 0.29) is 0 Å². The number of hydrogen-bond acceptors (Lipinski definition) is 4. The van der Waals surface area contributed by atoms with Crippen molar-refractivity contribution in [3.05, 3.63) is 36.0 Å². The maximum atomic E-state index is 5.61. The SMILES string of the molecule is ClCCOCCOc1cccc(-c2cncs2)c1. The van der Waals surface area contributed by atoms with Gasteiger partial charge in [-0.2, -0.15) is 0 Å². The zero-order chi connectivity index (χ0) is 12.6. The van der Waals surface area contributed by atoms with E-state index in [2.05, 4.69) is 4.98 Å². The number of hydrogen-bond donors (Lipinski definition) is 0. The van der Waals surface area contributed by atoms with Crippen LogP contribution in [0.3, 0.4) is 0 Å². The number of ether oxygens (including phenoxy) is 2. The van der Waals surface area contributed by atoms with Gasteiger partial charge in [0, 0.05) is 12.1 Å². The second-order valence-corrected chi connectivity index (χ2v) is 4.81. The molecule has 1 aromatic carbocycles. The van der Waals surface area contributed by atoms with E-state index < -0.39 is 0 Å². The van der Waals surface area contributed by atoms with Crippen LogP contribution >= 0.6 is 22.9 Å². The first-order chi connectivity index (χ1) is 8.90. The Balaban J connectivity index is 1.88. The lowest BCUT2D eigenvalue weighted by atomic mass is 10.2. The van der Waals surface area contributed by atoms with Crippen LogP contribution in [0, 0.1) is 0 Å². The number of benzene rings is 1. The zero-order valence-corrected chi connectivity index (χ0v) is 11.4. The van der Waals surface area contributed by atoms with Gasteiger partial charge in [0.25, 0.3) is 0 Å². The molecule has 0 unspecified atom stereocenters. The van der Waals surface area contributed by atoms with Crippen LogP contribution in [0.5, 0.6) is 5.75 Å². The summed E-state index contributed by atoms with van der Waals surface area (Å²) in [4.78, 5) is 5.21. The van der Waals surface area contributed by atoms with Crippen molar-refractivity contribution >= 4 is 22.9 Å². The molecule has 0 aliphatic heterocycles. The Morgan fingerprint density at radius 1 is 1.22 bits per heavy atom. The van der Waals surface area contributed by atoms with E-state index in [9.17, 15) is 0 Å². The third kappa shape index (κ3) is 3.98. The molecule has 0 bridgehead atoms. The number of halogens is 1. The first-order valence-corrected chi connectivity index (χ1v) is 7.07. The predicted molar refractivity (Wildman–Crippen MR) is 74.6 cm³/mol. The molecule has 96 valence electrons. The summed E-state index contributed by atoms with van der Waals surface area (Å²) < 4.78 is 10.8. The standard InChI is InChI=1S/C13H14ClNO2S/c14-4-5-16-6-7-17-12-3-1-2-11(8-12)13-9-15-10-18-13/h1-3,8-10H,4-7H2. The summed E-state index contributed by atoms with van der Waals surface area (Å²) in [5.74, 6) is 1.36. The van der Waals surface area contributed by atoms with Crippen molar-refractivity contribution in [2.75, 3.05) is 25.7 Å². The highest BCUT2D eigenvalue weighted by Gasteiger charge is 2.01. The van der Waals surface area contributed by atoms with Gasteiger partial charge >= 0.3 is 0 Å². The van der Waals surface area contributed by atoms with Crippen LogP contribution in [0.4, 0.5) is 0 Å². The van der Waals surface area contributed by atoms with E-state index in [1.54, 1.807) is 11.3 Å². The fourth-order valence-corrected chi connectivity index (χ4v) is 2.20. The van der Waals surface area contributed by atoms with Gasteiger partial charge in [0.05, 0.1) is 23.6 Å². The first kappa shape index (κ1) is 13.3. The Kier molecular flexibility index (Phi) is 5.45. The number of nitrogens with zero attached hydrogens (tertiary/aromatic N) is 1. The Labute approximate surface area is 115 Å². The molecule has 0 amide bonds. The Morgan fingerprint density at radius 3 is 2.94 bits per heavy atom. The summed E-state index contributed by atoms with van der Waals surface area (Å²) in [5.41, 5.74) is 2.94. The van der Waals surface area contributed by atoms with Gasteiger partial charge in [-0.3, -0.25) is 4.98 Å². The van der Waals surface area contributed by atoms with E-state index >= 15 is 0 Å². The monoisotopic (exact) mass is 283 g/mol. The van der Waals surface area contributed by atoms with Crippen molar-refractivity contribution in [3.63, 3.8) is 0 Å². The average molecular weight is 284 g/mol. The molecule has 0 saturated carbocycles. The summed E-state index contributed by atoms with van der Waals surface area (Å²) in [6, 6.07) is 7.97. The highest BCUT2D eigenvalue weighted by Crippen LogP contribution is 2.26. The quantitative estimate of drug-likeness (QED) is 0.576. The fourth-order valence-electron chi connectivity index (χ4n) is 1.47. The molecule has 2 rings (SSSR count). The van der Waals surface area contributed by atoms with Gasteiger partial charge in [0.2, 0.25) is 0 Å². The number of alkyl halides is 1. The van der Waals surface area contributed by atoms with Gasteiger partial charge in [-0.1, -0.05) is 12.1 Å². The van der Waals surface area contributed by atoms with Crippen molar-refractivity contribution in [1.29, 1.82) is 0 Å². The summed E-state index contributed by atoms with van der Waals surface area (Å²) in [5, 5.41) is 0. The highest BCUT2D eigenvalue weighted by molar-refractivity contribution is 7.13. The van der Waals surface area contributed by atoms with Crippen LogP contribution in [-0.4, -0.2) is 30.7 Å². The van der Waals surface area contributed by atoms with Crippen molar-refractivity contribution < 1.29 is 9.47 Å². The van der Waals surface area contributed by atoms with Crippen LogP contribution in [0.2, 0.25) is 0 Å². The second kappa shape index (κ2) is 7.36. The fraction of sp³-hybridized carbons (Fsp3) is 0.308. The molecule has 0 radical (unpaired) electrons. The molecule has 0 aliphatic rings. The van der Waals surface area contributed by atoms with E-state index in [4.69, 9.17) is 21.1 Å². The second-order valence-electron chi connectivity index (χ2n) is 3.54. The molecule has 1 aromatic heterocycles. The predicted octanol–water partition coefficient (Wildman–Crippen LogP) is 3.44. The number of rotatable bonds is 7. The molecule has 0 spiro atoms. The van der Waals surface area contributed by atoms with Crippen LogP contribution < -0.4 is 4.74 Å². The summed E-state index contributed by atoms with van der Waals surface area (Å²) in [6.45, 7) is 1.65. The lowest BCUT2D eigenvalue weighted by molar-refractivity contribution is 0.111. The smallest absolute Gasteiger partial charge is 0.120 e. The third-order valence-electron chi connectivity index (χ3n) is 2.27. The number of aromatic nitrogens is 1. The topological polar surface area (TPSA) is 31.4 Å². The maximum absolute atomic E-state index is 5.61. The molecule has 2 aromatic rings. The Hall–Kier alpha value is -1.10. The van der Waals surface area contributed by atoms with Crippen LogP contribution in [0.1, 0.15) is 0 Å². The van der Waals surface area contributed by atoms with E-state index in [1.807, 2.05) is 36.0 Å². The van der Waals surface area contributed by atoms with E-state index in [0.29, 0.717) is 25.7 Å². The van der Waals surface area contributed by atoms with Crippen molar-refractivity contribution in [1.82, 2.24) is 4.98 Å². The van der Waals surface area contributed by atoms with Crippen molar-refractivity contribution in [2.45, 2.75) is 0 Å².